The van der Waals surface area contributed by atoms with Crippen molar-refractivity contribution in [2.45, 2.75) is 56.4 Å². The molecule has 0 aromatic heterocycles. The molecule has 0 aliphatic carbocycles. The smallest absolute Gasteiger partial charge is 0.335 e. The second kappa shape index (κ2) is 8.29. The summed E-state index contributed by atoms with van der Waals surface area (Å²) in [5, 5.41) is 18.3. The molecule has 3 aliphatic heterocycles. The minimum atomic E-state index is -0.980. The van der Waals surface area contributed by atoms with Gasteiger partial charge in [0.2, 0.25) is 11.8 Å². The van der Waals surface area contributed by atoms with Gasteiger partial charge >= 0.3 is 5.97 Å². The van der Waals surface area contributed by atoms with Crippen LogP contribution in [0.5, 0.6) is 0 Å². The van der Waals surface area contributed by atoms with Crippen LogP contribution in [0, 0.1) is 11.3 Å². The molecule has 2 amide bonds. The van der Waals surface area contributed by atoms with Crippen molar-refractivity contribution in [1.29, 1.82) is 5.26 Å². The lowest BCUT2D eigenvalue weighted by atomic mass is 10.0. The van der Waals surface area contributed by atoms with E-state index in [2.05, 4.69) is 6.07 Å². The van der Waals surface area contributed by atoms with Crippen molar-refractivity contribution < 1.29 is 19.5 Å². The number of carbonyl (C=O) groups is 3. The molecular formula is C22H27N5O4. The maximum atomic E-state index is 13.1. The van der Waals surface area contributed by atoms with Gasteiger partial charge < -0.3 is 20.6 Å². The highest BCUT2D eigenvalue weighted by molar-refractivity contribution is 5.88. The molecule has 3 fully saturated rings. The normalized spacial score (nSPS) is 27.4. The molecule has 164 valence electrons. The van der Waals surface area contributed by atoms with Crippen molar-refractivity contribution in [2.75, 3.05) is 19.6 Å². The van der Waals surface area contributed by atoms with Gasteiger partial charge in [0.05, 0.1) is 29.8 Å². The second-order valence-corrected chi connectivity index (χ2v) is 8.63. The van der Waals surface area contributed by atoms with E-state index in [0.29, 0.717) is 32.5 Å². The molecule has 9 heteroatoms. The summed E-state index contributed by atoms with van der Waals surface area (Å²) >= 11 is 0. The fraction of sp³-hybridized carbons (Fsp3) is 0.545. The Morgan fingerprint density at radius 3 is 2.65 bits per heavy atom. The van der Waals surface area contributed by atoms with Crippen LogP contribution < -0.4 is 5.73 Å². The van der Waals surface area contributed by atoms with Gasteiger partial charge in [-0.2, -0.15) is 5.26 Å². The van der Waals surface area contributed by atoms with Gasteiger partial charge in [-0.1, -0.05) is 12.1 Å². The molecule has 0 radical (unpaired) electrons. The maximum absolute atomic E-state index is 13.1. The Balaban J connectivity index is 1.39. The summed E-state index contributed by atoms with van der Waals surface area (Å²) in [6.45, 7) is 3.46. The Hall–Kier alpha value is -2.96. The highest BCUT2D eigenvalue weighted by Crippen LogP contribution is 2.38. The predicted octanol–water partition coefficient (Wildman–Crippen LogP) is 0.573. The molecular weight excluding hydrogens is 398 g/mol. The van der Waals surface area contributed by atoms with Crippen LogP contribution in [-0.2, 0) is 9.59 Å². The first-order chi connectivity index (χ1) is 14.8. The van der Waals surface area contributed by atoms with Crippen LogP contribution in [0.3, 0.4) is 0 Å². The summed E-state index contributed by atoms with van der Waals surface area (Å²) in [6.07, 6.45) is 2.19. The molecule has 31 heavy (non-hydrogen) atoms. The van der Waals surface area contributed by atoms with Crippen LogP contribution in [0.25, 0.3) is 0 Å². The standard InChI is InChI=1S/C22H27N5O4/c1-13(14-4-6-15(7-5-14)22(30)31)27-17-9-19(21(27)29)25(11-17)12-18(24)20(28)26-8-2-3-16(26)10-23/h4-7,13,16-19H,2-3,8-9,11-12,24H2,1H3,(H,30,31)/t13-,16+,17+,18+,19+/m1/s1. The second-order valence-electron chi connectivity index (χ2n) is 8.63. The number of carboxylic acid groups (broad SMARTS) is 1. The van der Waals surface area contributed by atoms with Gasteiger partial charge in [0, 0.05) is 25.7 Å². The van der Waals surface area contributed by atoms with E-state index < -0.39 is 18.1 Å². The van der Waals surface area contributed by atoms with Crippen molar-refractivity contribution in [1.82, 2.24) is 14.7 Å². The minimum Gasteiger partial charge on any atom is -0.478 e. The van der Waals surface area contributed by atoms with Gasteiger partial charge in [0.1, 0.15) is 6.04 Å². The molecule has 2 bridgehead atoms. The lowest BCUT2D eigenvalue weighted by Gasteiger charge is -2.38. The molecule has 0 unspecified atom stereocenters. The lowest BCUT2D eigenvalue weighted by Crippen LogP contribution is -2.56. The Morgan fingerprint density at radius 2 is 2.03 bits per heavy atom. The molecule has 0 spiro atoms. The predicted molar refractivity (Wildman–Crippen MR) is 111 cm³/mol. The van der Waals surface area contributed by atoms with Crippen LogP contribution in [0.1, 0.15) is 48.1 Å². The number of piperazine rings is 1. The number of carboxylic acids is 1. The zero-order valence-electron chi connectivity index (χ0n) is 17.5. The number of amides is 2. The molecule has 9 nitrogen and oxygen atoms in total. The number of hydrogen-bond donors (Lipinski definition) is 2. The van der Waals surface area contributed by atoms with Gasteiger partial charge in [-0.3, -0.25) is 14.5 Å². The number of benzene rings is 1. The summed E-state index contributed by atoms with van der Waals surface area (Å²) in [6, 6.07) is 7.19. The Kier molecular flexibility index (Phi) is 5.69. The van der Waals surface area contributed by atoms with E-state index in [1.165, 1.54) is 0 Å². The van der Waals surface area contributed by atoms with Gasteiger partial charge in [0.15, 0.2) is 0 Å². The maximum Gasteiger partial charge on any atom is 0.335 e. The minimum absolute atomic E-state index is 0.0155. The topological polar surface area (TPSA) is 131 Å². The van der Waals surface area contributed by atoms with E-state index in [1.54, 1.807) is 29.2 Å². The molecule has 3 N–H and O–H groups in total. The van der Waals surface area contributed by atoms with E-state index in [4.69, 9.17) is 10.8 Å². The largest absolute Gasteiger partial charge is 0.478 e. The number of nitrogens with two attached hydrogens (primary N) is 1. The van der Waals surface area contributed by atoms with E-state index in [9.17, 15) is 19.6 Å². The third-order valence-corrected chi connectivity index (χ3v) is 6.80. The van der Waals surface area contributed by atoms with E-state index in [-0.39, 0.29) is 35.5 Å². The molecule has 3 heterocycles. The third kappa shape index (κ3) is 3.77. The first-order valence-electron chi connectivity index (χ1n) is 10.7. The van der Waals surface area contributed by atoms with Crippen molar-refractivity contribution in [3.05, 3.63) is 35.4 Å². The van der Waals surface area contributed by atoms with E-state index in [1.807, 2.05) is 16.7 Å². The SMILES string of the molecule is C[C@H](c1ccc(C(=O)O)cc1)N1C(=O)[C@@H]2C[C@H]1CN2C[C@H](N)C(=O)N1CCC[C@H]1C#N. The Bertz CT molecular complexity index is 927. The summed E-state index contributed by atoms with van der Waals surface area (Å²) in [4.78, 5) is 42.3. The summed E-state index contributed by atoms with van der Waals surface area (Å²) in [5.74, 6) is -1.18. The Morgan fingerprint density at radius 1 is 1.32 bits per heavy atom. The number of nitrogens with zero attached hydrogens (tertiary/aromatic N) is 4. The first kappa shape index (κ1) is 21.3. The van der Waals surface area contributed by atoms with Crippen LogP contribution in [0.4, 0.5) is 0 Å². The molecule has 5 atom stereocenters. The highest BCUT2D eigenvalue weighted by Gasteiger charge is 2.51. The quantitative estimate of drug-likeness (QED) is 0.681. The van der Waals surface area contributed by atoms with Crippen molar-refractivity contribution in [3.8, 4) is 6.07 Å². The van der Waals surface area contributed by atoms with E-state index in [0.717, 1.165) is 12.0 Å². The molecule has 1 aromatic carbocycles. The number of fused-ring (bicyclic) bond motifs is 2. The van der Waals surface area contributed by atoms with Gasteiger partial charge in [0.25, 0.3) is 0 Å². The average molecular weight is 425 g/mol. The van der Waals surface area contributed by atoms with Crippen LogP contribution in [-0.4, -0.2) is 81.4 Å². The van der Waals surface area contributed by atoms with Crippen molar-refractivity contribution >= 4 is 17.8 Å². The number of hydrogen-bond acceptors (Lipinski definition) is 6. The number of carbonyl (C=O) groups excluding carboxylic acids is 2. The first-order valence-corrected chi connectivity index (χ1v) is 10.7. The molecule has 4 rings (SSSR count). The monoisotopic (exact) mass is 425 g/mol. The number of rotatable bonds is 6. The Labute approximate surface area is 181 Å². The number of likely N-dealkylation sites (tertiary alicyclic amines) is 3. The van der Waals surface area contributed by atoms with Crippen molar-refractivity contribution in [3.63, 3.8) is 0 Å². The van der Waals surface area contributed by atoms with Crippen LogP contribution >= 0.6 is 0 Å². The summed E-state index contributed by atoms with van der Waals surface area (Å²) in [7, 11) is 0. The molecule has 3 aliphatic rings. The molecule has 1 aromatic rings. The average Bonchev–Trinajstić information content (AvgIpc) is 3.47. The summed E-state index contributed by atoms with van der Waals surface area (Å²) < 4.78 is 0. The fourth-order valence-corrected chi connectivity index (χ4v) is 5.17. The fourth-order valence-electron chi connectivity index (χ4n) is 5.17. The lowest BCUT2D eigenvalue weighted by molar-refractivity contribution is -0.141. The third-order valence-electron chi connectivity index (χ3n) is 6.80. The van der Waals surface area contributed by atoms with Crippen LogP contribution in [0.2, 0.25) is 0 Å². The van der Waals surface area contributed by atoms with Crippen LogP contribution in [0.15, 0.2) is 24.3 Å². The van der Waals surface area contributed by atoms with Crippen molar-refractivity contribution in [2.24, 2.45) is 5.73 Å². The number of aromatic carboxylic acids is 1. The van der Waals surface area contributed by atoms with Gasteiger partial charge in [-0.05, 0) is 43.9 Å². The van der Waals surface area contributed by atoms with Gasteiger partial charge in [-0.15, -0.1) is 0 Å². The number of nitriles is 1. The zero-order valence-corrected chi connectivity index (χ0v) is 17.5. The zero-order chi connectivity index (χ0) is 22.3. The highest BCUT2D eigenvalue weighted by atomic mass is 16.4. The summed E-state index contributed by atoms with van der Waals surface area (Å²) in [5.41, 5.74) is 7.28. The van der Waals surface area contributed by atoms with E-state index >= 15 is 0 Å². The molecule has 0 saturated carbocycles. The molecule has 3 saturated heterocycles. The van der Waals surface area contributed by atoms with Gasteiger partial charge in [-0.25, -0.2) is 4.79 Å².